The Morgan fingerprint density at radius 1 is 1.35 bits per heavy atom. The molecule has 1 saturated carbocycles. The largest absolute Gasteiger partial charge is 0.379 e. The predicted octanol–water partition coefficient (Wildman–Crippen LogP) is 2.24. The average Bonchev–Trinajstić information content (AvgIpc) is 2.46. The second-order valence-electron chi connectivity index (χ2n) is 7.51. The zero-order chi connectivity index (χ0) is 14.2. The van der Waals surface area contributed by atoms with Gasteiger partial charge in [0.15, 0.2) is 0 Å². The third-order valence-corrected chi connectivity index (χ3v) is 5.94. The van der Waals surface area contributed by atoms with E-state index in [1.165, 1.54) is 32.5 Å². The Balaban J connectivity index is 1.45. The van der Waals surface area contributed by atoms with Crippen LogP contribution in [-0.4, -0.2) is 62.8 Å². The number of likely N-dealkylation sites (N-methyl/N-ethyl adjacent to an activating group) is 1. The van der Waals surface area contributed by atoms with Crippen molar-refractivity contribution >= 4 is 0 Å². The summed E-state index contributed by atoms with van der Waals surface area (Å²) in [6, 6.07) is 0. The van der Waals surface area contributed by atoms with Crippen LogP contribution in [0.5, 0.6) is 0 Å². The standard InChI is InChI=1S/C17H30N2O/c1-17(2)15-5-4-14(16(17)12-15)13-18(3)6-7-19-8-10-20-11-9-19/h4,15-16H,5-13H2,1-3H3/t15-,16-/m0/s1. The molecular weight excluding hydrogens is 248 g/mol. The molecule has 3 aliphatic carbocycles. The van der Waals surface area contributed by atoms with Crippen molar-refractivity contribution in [3.63, 3.8) is 0 Å². The van der Waals surface area contributed by atoms with Gasteiger partial charge in [0, 0.05) is 32.7 Å². The molecule has 2 atom stereocenters. The van der Waals surface area contributed by atoms with Crippen molar-refractivity contribution in [2.45, 2.75) is 26.7 Å². The molecule has 0 N–H and O–H groups in total. The van der Waals surface area contributed by atoms with Crippen LogP contribution in [0.1, 0.15) is 26.7 Å². The maximum atomic E-state index is 5.41. The van der Waals surface area contributed by atoms with E-state index in [0.29, 0.717) is 5.41 Å². The molecule has 0 amide bonds. The van der Waals surface area contributed by atoms with Gasteiger partial charge in [-0.15, -0.1) is 0 Å². The molecule has 3 heteroatoms. The number of morpholine rings is 1. The molecule has 1 heterocycles. The summed E-state index contributed by atoms with van der Waals surface area (Å²) >= 11 is 0. The summed E-state index contributed by atoms with van der Waals surface area (Å²) in [6.45, 7) is 12.5. The maximum absolute atomic E-state index is 5.41. The van der Waals surface area contributed by atoms with Crippen LogP contribution in [0.15, 0.2) is 11.6 Å². The van der Waals surface area contributed by atoms with E-state index in [4.69, 9.17) is 4.74 Å². The summed E-state index contributed by atoms with van der Waals surface area (Å²) in [6.07, 6.45) is 5.29. The minimum Gasteiger partial charge on any atom is -0.379 e. The van der Waals surface area contributed by atoms with E-state index in [0.717, 1.165) is 38.1 Å². The monoisotopic (exact) mass is 278 g/mol. The van der Waals surface area contributed by atoms with Crippen molar-refractivity contribution < 1.29 is 4.74 Å². The number of ether oxygens (including phenoxy) is 1. The Labute approximate surface area is 124 Å². The highest BCUT2D eigenvalue weighted by molar-refractivity contribution is 5.24. The molecule has 0 unspecified atom stereocenters. The van der Waals surface area contributed by atoms with Crippen LogP contribution >= 0.6 is 0 Å². The molecule has 3 nitrogen and oxygen atoms in total. The quantitative estimate of drug-likeness (QED) is 0.717. The van der Waals surface area contributed by atoms with Crippen LogP contribution in [0.25, 0.3) is 0 Å². The van der Waals surface area contributed by atoms with E-state index < -0.39 is 0 Å². The highest BCUT2D eigenvalue weighted by Gasteiger charge is 2.50. The fourth-order valence-electron chi connectivity index (χ4n) is 4.18. The molecule has 0 aromatic carbocycles. The third-order valence-electron chi connectivity index (χ3n) is 5.94. The summed E-state index contributed by atoms with van der Waals surface area (Å²) in [4.78, 5) is 5.04. The summed E-state index contributed by atoms with van der Waals surface area (Å²) in [5.74, 6) is 1.81. The first-order valence-corrected chi connectivity index (χ1v) is 8.25. The summed E-state index contributed by atoms with van der Waals surface area (Å²) < 4.78 is 5.41. The van der Waals surface area contributed by atoms with E-state index in [1.54, 1.807) is 5.57 Å². The highest BCUT2D eigenvalue weighted by atomic mass is 16.5. The number of fused-ring (bicyclic) bond motifs is 1. The zero-order valence-corrected chi connectivity index (χ0v) is 13.4. The molecule has 1 aliphatic heterocycles. The summed E-state index contributed by atoms with van der Waals surface area (Å²) in [7, 11) is 2.28. The van der Waals surface area contributed by atoms with Crippen LogP contribution in [0.2, 0.25) is 0 Å². The van der Waals surface area contributed by atoms with Gasteiger partial charge in [-0.25, -0.2) is 0 Å². The molecule has 4 aliphatic rings. The lowest BCUT2D eigenvalue weighted by Crippen LogP contribution is -2.50. The number of nitrogens with zero attached hydrogens (tertiary/aromatic N) is 2. The molecule has 20 heavy (non-hydrogen) atoms. The van der Waals surface area contributed by atoms with Gasteiger partial charge in [0.05, 0.1) is 13.2 Å². The zero-order valence-electron chi connectivity index (χ0n) is 13.4. The molecule has 2 bridgehead atoms. The molecule has 4 rings (SSSR count). The van der Waals surface area contributed by atoms with Gasteiger partial charge in [0.2, 0.25) is 0 Å². The normalized spacial score (nSPS) is 32.9. The molecule has 0 radical (unpaired) electrons. The lowest BCUT2D eigenvalue weighted by atomic mass is 9.49. The SMILES string of the molecule is CN(CCN1CCOCC1)CC1=CC[C@H]2C[C@@H]1C2(C)C. The van der Waals surface area contributed by atoms with Crippen LogP contribution < -0.4 is 0 Å². The Kier molecular flexibility index (Phi) is 4.21. The fraction of sp³-hybridized carbons (Fsp3) is 0.882. The summed E-state index contributed by atoms with van der Waals surface area (Å²) in [5, 5.41) is 0. The fourth-order valence-corrected chi connectivity index (χ4v) is 4.18. The Morgan fingerprint density at radius 2 is 2.10 bits per heavy atom. The van der Waals surface area contributed by atoms with E-state index in [-0.39, 0.29) is 0 Å². The van der Waals surface area contributed by atoms with Crippen molar-refractivity contribution in [1.29, 1.82) is 0 Å². The first kappa shape index (κ1) is 14.6. The van der Waals surface area contributed by atoms with Crippen LogP contribution in [0.3, 0.4) is 0 Å². The van der Waals surface area contributed by atoms with Gasteiger partial charge >= 0.3 is 0 Å². The lowest BCUT2D eigenvalue weighted by molar-refractivity contribution is -0.0105. The van der Waals surface area contributed by atoms with Gasteiger partial charge in [-0.3, -0.25) is 4.90 Å². The minimum atomic E-state index is 0.565. The summed E-state index contributed by atoms with van der Waals surface area (Å²) in [5.41, 5.74) is 2.27. The highest BCUT2D eigenvalue weighted by Crippen LogP contribution is 2.59. The Hall–Kier alpha value is -0.380. The number of allylic oxidation sites excluding steroid dienone is 1. The molecule has 0 spiro atoms. The molecule has 2 fully saturated rings. The van der Waals surface area contributed by atoms with Gasteiger partial charge < -0.3 is 9.64 Å². The van der Waals surface area contributed by atoms with Crippen molar-refractivity contribution in [1.82, 2.24) is 9.80 Å². The van der Waals surface area contributed by atoms with Gasteiger partial charge in [-0.05, 0) is 37.1 Å². The van der Waals surface area contributed by atoms with Crippen molar-refractivity contribution in [3.05, 3.63) is 11.6 Å². The second-order valence-corrected chi connectivity index (χ2v) is 7.51. The van der Waals surface area contributed by atoms with Crippen molar-refractivity contribution in [2.24, 2.45) is 17.3 Å². The first-order valence-electron chi connectivity index (χ1n) is 8.25. The van der Waals surface area contributed by atoms with Gasteiger partial charge in [0.25, 0.3) is 0 Å². The molecular formula is C17H30N2O. The van der Waals surface area contributed by atoms with Crippen LogP contribution in [0.4, 0.5) is 0 Å². The molecule has 0 aromatic rings. The smallest absolute Gasteiger partial charge is 0.0594 e. The topological polar surface area (TPSA) is 15.7 Å². The third kappa shape index (κ3) is 2.81. The Morgan fingerprint density at radius 3 is 2.75 bits per heavy atom. The number of rotatable bonds is 5. The van der Waals surface area contributed by atoms with Crippen LogP contribution in [0, 0.1) is 17.3 Å². The van der Waals surface area contributed by atoms with Crippen molar-refractivity contribution in [2.75, 3.05) is 53.0 Å². The van der Waals surface area contributed by atoms with Gasteiger partial charge in [0.1, 0.15) is 0 Å². The molecule has 114 valence electrons. The Bertz CT molecular complexity index is 371. The number of hydrogen-bond acceptors (Lipinski definition) is 3. The van der Waals surface area contributed by atoms with E-state index in [1.807, 2.05) is 0 Å². The maximum Gasteiger partial charge on any atom is 0.0594 e. The van der Waals surface area contributed by atoms with E-state index in [9.17, 15) is 0 Å². The lowest BCUT2D eigenvalue weighted by Gasteiger charge is -2.57. The van der Waals surface area contributed by atoms with E-state index in [2.05, 4.69) is 36.8 Å². The van der Waals surface area contributed by atoms with Gasteiger partial charge in [-0.1, -0.05) is 25.5 Å². The van der Waals surface area contributed by atoms with E-state index >= 15 is 0 Å². The minimum absolute atomic E-state index is 0.565. The van der Waals surface area contributed by atoms with Crippen molar-refractivity contribution in [3.8, 4) is 0 Å². The molecule has 1 saturated heterocycles. The molecule has 0 aromatic heterocycles. The first-order chi connectivity index (χ1) is 9.57. The van der Waals surface area contributed by atoms with Gasteiger partial charge in [-0.2, -0.15) is 0 Å². The number of hydrogen-bond donors (Lipinski definition) is 0. The second kappa shape index (κ2) is 5.78. The predicted molar refractivity (Wildman–Crippen MR) is 82.8 cm³/mol. The van der Waals surface area contributed by atoms with Crippen LogP contribution in [-0.2, 0) is 4.74 Å². The average molecular weight is 278 g/mol.